The number of fused-ring (bicyclic) bond motifs is 1. The predicted molar refractivity (Wildman–Crippen MR) is 67.8 cm³/mol. The molecule has 0 aliphatic rings. The zero-order chi connectivity index (χ0) is 12.5. The summed E-state index contributed by atoms with van der Waals surface area (Å²) in [7, 11) is 0. The summed E-state index contributed by atoms with van der Waals surface area (Å²) in [6.45, 7) is 2.59. The van der Waals surface area contributed by atoms with Crippen molar-refractivity contribution in [3.63, 3.8) is 0 Å². The van der Waals surface area contributed by atoms with Crippen molar-refractivity contribution in [3.05, 3.63) is 42.2 Å². The summed E-state index contributed by atoms with van der Waals surface area (Å²) in [5, 5.41) is 0. The first kappa shape index (κ1) is 10.6. The van der Waals surface area contributed by atoms with Gasteiger partial charge in [0.05, 0.1) is 18.6 Å². The van der Waals surface area contributed by atoms with Gasteiger partial charge in [0, 0.05) is 5.69 Å². The van der Waals surface area contributed by atoms with Crippen molar-refractivity contribution >= 4 is 17.0 Å². The van der Waals surface area contributed by atoms with E-state index in [4.69, 9.17) is 5.73 Å². The van der Waals surface area contributed by atoms with Gasteiger partial charge in [-0.25, -0.2) is 15.0 Å². The molecule has 0 aromatic carbocycles. The molecule has 0 aliphatic carbocycles. The van der Waals surface area contributed by atoms with Crippen LogP contribution < -0.4 is 5.73 Å². The van der Waals surface area contributed by atoms with E-state index in [0.717, 1.165) is 17.0 Å². The molecule has 0 spiro atoms. The van der Waals surface area contributed by atoms with E-state index >= 15 is 0 Å². The Bertz CT molecular complexity index is 703. The molecule has 6 nitrogen and oxygen atoms in total. The molecule has 0 saturated heterocycles. The van der Waals surface area contributed by atoms with Gasteiger partial charge >= 0.3 is 0 Å². The van der Waals surface area contributed by atoms with Gasteiger partial charge in [0.15, 0.2) is 11.5 Å². The molecule has 3 rings (SSSR count). The molecular formula is C12H12N6. The number of imidazole rings is 1. The molecule has 6 heteroatoms. The van der Waals surface area contributed by atoms with Crippen LogP contribution in [0.2, 0.25) is 0 Å². The van der Waals surface area contributed by atoms with Crippen LogP contribution >= 0.6 is 0 Å². The Kier molecular flexibility index (Phi) is 2.40. The summed E-state index contributed by atoms with van der Waals surface area (Å²) in [6.07, 6.45) is 3.15. The summed E-state index contributed by atoms with van der Waals surface area (Å²) < 4.78 is 1.91. The lowest BCUT2D eigenvalue weighted by atomic mass is 10.3. The number of nitrogen functional groups attached to an aromatic ring is 1. The first-order chi connectivity index (χ1) is 8.74. The minimum Gasteiger partial charge on any atom is -0.382 e. The van der Waals surface area contributed by atoms with Gasteiger partial charge in [-0.2, -0.15) is 0 Å². The third-order valence-electron chi connectivity index (χ3n) is 2.71. The van der Waals surface area contributed by atoms with Crippen LogP contribution in [0.25, 0.3) is 11.2 Å². The number of aryl methyl sites for hydroxylation is 1. The number of rotatable bonds is 2. The van der Waals surface area contributed by atoms with Crippen LogP contribution in [0.15, 0.2) is 30.9 Å². The van der Waals surface area contributed by atoms with Crippen LogP contribution in [0.3, 0.4) is 0 Å². The highest BCUT2D eigenvalue weighted by molar-refractivity contribution is 5.81. The lowest BCUT2D eigenvalue weighted by Crippen LogP contribution is -2.02. The Morgan fingerprint density at radius 1 is 1.22 bits per heavy atom. The van der Waals surface area contributed by atoms with Crippen molar-refractivity contribution in [3.8, 4) is 0 Å². The van der Waals surface area contributed by atoms with E-state index < -0.39 is 0 Å². The molecule has 0 saturated carbocycles. The number of nitrogens with two attached hydrogens (primary N) is 1. The van der Waals surface area contributed by atoms with Crippen LogP contribution in [-0.2, 0) is 6.54 Å². The molecule has 3 heterocycles. The number of pyridine rings is 1. The zero-order valence-corrected chi connectivity index (χ0v) is 9.91. The first-order valence-electron chi connectivity index (χ1n) is 5.58. The smallest absolute Gasteiger partial charge is 0.165 e. The molecule has 3 aromatic rings. The van der Waals surface area contributed by atoms with E-state index in [2.05, 4.69) is 19.9 Å². The van der Waals surface area contributed by atoms with Crippen LogP contribution in [0.4, 0.5) is 5.82 Å². The van der Waals surface area contributed by atoms with E-state index in [-0.39, 0.29) is 0 Å². The van der Waals surface area contributed by atoms with Gasteiger partial charge in [0.25, 0.3) is 0 Å². The van der Waals surface area contributed by atoms with Crippen molar-refractivity contribution in [1.29, 1.82) is 0 Å². The van der Waals surface area contributed by atoms with E-state index in [1.54, 1.807) is 6.33 Å². The van der Waals surface area contributed by atoms with E-state index in [1.807, 2.05) is 29.7 Å². The SMILES string of the molecule is Cc1cccc(Cn2cnc3c(N)ncnc32)n1. The monoisotopic (exact) mass is 240 g/mol. The number of hydrogen-bond acceptors (Lipinski definition) is 5. The molecule has 0 unspecified atom stereocenters. The number of hydrogen-bond donors (Lipinski definition) is 1. The van der Waals surface area contributed by atoms with E-state index in [0.29, 0.717) is 17.9 Å². The molecule has 2 N–H and O–H groups in total. The maximum Gasteiger partial charge on any atom is 0.165 e. The normalized spacial score (nSPS) is 10.9. The first-order valence-corrected chi connectivity index (χ1v) is 5.58. The predicted octanol–water partition coefficient (Wildman–Crippen LogP) is 1.16. The maximum absolute atomic E-state index is 5.74. The van der Waals surface area contributed by atoms with Gasteiger partial charge in [-0.1, -0.05) is 6.07 Å². The summed E-state index contributed by atoms with van der Waals surface area (Å²) in [6, 6.07) is 5.93. The molecule has 0 atom stereocenters. The average molecular weight is 240 g/mol. The molecule has 0 bridgehead atoms. The quantitative estimate of drug-likeness (QED) is 0.726. The highest BCUT2D eigenvalue weighted by Crippen LogP contribution is 2.15. The van der Waals surface area contributed by atoms with Gasteiger partial charge in [0.2, 0.25) is 0 Å². The van der Waals surface area contributed by atoms with E-state index in [9.17, 15) is 0 Å². The van der Waals surface area contributed by atoms with Crippen molar-refractivity contribution in [2.45, 2.75) is 13.5 Å². The zero-order valence-electron chi connectivity index (χ0n) is 9.91. The molecule has 18 heavy (non-hydrogen) atoms. The van der Waals surface area contributed by atoms with Gasteiger partial charge in [-0.05, 0) is 19.1 Å². The van der Waals surface area contributed by atoms with E-state index in [1.165, 1.54) is 6.33 Å². The summed E-state index contributed by atoms with van der Waals surface area (Å²) in [5.74, 6) is 0.399. The molecule has 3 aromatic heterocycles. The Morgan fingerprint density at radius 2 is 2.11 bits per heavy atom. The standard InChI is InChI=1S/C12H12N6/c1-8-3-2-4-9(17-8)5-18-7-16-10-11(13)14-6-15-12(10)18/h2-4,6-7H,5H2,1H3,(H2,13,14,15). The van der Waals surface area contributed by atoms with Crippen molar-refractivity contribution < 1.29 is 0 Å². The van der Waals surface area contributed by atoms with Crippen LogP contribution in [0.1, 0.15) is 11.4 Å². The number of nitrogens with zero attached hydrogens (tertiary/aromatic N) is 5. The van der Waals surface area contributed by atoms with Crippen molar-refractivity contribution in [1.82, 2.24) is 24.5 Å². The fourth-order valence-corrected chi connectivity index (χ4v) is 1.88. The molecule has 0 radical (unpaired) electrons. The largest absolute Gasteiger partial charge is 0.382 e. The van der Waals surface area contributed by atoms with Crippen molar-refractivity contribution in [2.24, 2.45) is 0 Å². The Morgan fingerprint density at radius 3 is 2.94 bits per heavy atom. The highest BCUT2D eigenvalue weighted by atomic mass is 15.1. The minimum absolute atomic E-state index is 0.399. The second-order valence-corrected chi connectivity index (χ2v) is 4.07. The summed E-state index contributed by atoms with van der Waals surface area (Å²) >= 11 is 0. The second kappa shape index (κ2) is 4.06. The van der Waals surface area contributed by atoms with Gasteiger partial charge in [-0.3, -0.25) is 4.98 Å². The Labute approximate surface area is 104 Å². The number of aromatic nitrogens is 5. The second-order valence-electron chi connectivity index (χ2n) is 4.07. The lowest BCUT2D eigenvalue weighted by molar-refractivity contribution is 0.783. The summed E-state index contributed by atoms with van der Waals surface area (Å²) in [4.78, 5) is 16.8. The van der Waals surface area contributed by atoms with Crippen LogP contribution in [-0.4, -0.2) is 24.5 Å². The topological polar surface area (TPSA) is 82.5 Å². The van der Waals surface area contributed by atoms with Gasteiger partial charge < -0.3 is 10.3 Å². The Hall–Kier alpha value is -2.50. The fourth-order valence-electron chi connectivity index (χ4n) is 1.88. The molecule has 0 amide bonds. The van der Waals surface area contributed by atoms with Gasteiger partial charge in [0.1, 0.15) is 11.8 Å². The number of anilines is 1. The van der Waals surface area contributed by atoms with Crippen LogP contribution in [0.5, 0.6) is 0 Å². The summed E-state index contributed by atoms with van der Waals surface area (Å²) in [5.41, 5.74) is 9.06. The van der Waals surface area contributed by atoms with Crippen molar-refractivity contribution in [2.75, 3.05) is 5.73 Å². The van der Waals surface area contributed by atoms with Gasteiger partial charge in [-0.15, -0.1) is 0 Å². The lowest BCUT2D eigenvalue weighted by Gasteiger charge is -2.04. The maximum atomic E-state index is 5.74. The molecular weight excluding hydrogens is 228 g/mol. The average Bonchev–Trinajstić information content (AvgIpc) is 2.74. The fraction of sp³-hybridized carbons (Fsp3) is 0.167. The molecule has 90 valence electrons. The van der Waals surface area contributed by atoms with Crippen LogP contribution in [0, 0.1) is 6.92 Å². The highest BCUT2D eigenvalue weighted by Gasteiger charge is 2.08. The third kappa shape index (κ3) is 1.77. The Balaban J connectivity index is 2.03. The minimum atomic E-state index is 0.399. The molecule has 0 aliphatic heterocycles. The third-order valence-corrected chi connectivity index (χ3v) is 2.71. The molecule has 0 fully saturated rings.